The Kier molecular flexibility index (Phi) is 4.25. The van der Waals surface area contributed by atoms with Crippen LogP contribution in [-0.4, -0.2) is 15.0 Å². The van der Waals surface area contributed by atoms with E-state index in [1.807, 2.05) is 30.3 Å². The van der Waals surface area contributed by atoms with Crippen molar-refractivity contribution in [2.24, 2.45) is 0 Å². The lowest BCUT2D eigenvalue weighted by molar-refractivity contribution is 1.34. The highest BCUT2D eigenvalue weighted by Crippen LogP contribution is 2.29. The number of halogens is 1. The molecular weight excluding hydrogens is 446 g/mol. The maximum atomic E-state index is 5.04. The van der Waals surface area contributed by atoms with Gasteiger partial charge in [0.1, 0.15) is 4.60 Å². The minimum Gasteiger partial charge on any atom is -0.245 e. The van der Waals surface area contributed by atoms with Gasteiger partial charge in [0.25, 0.3) is 0 Å². The molecule has 3 aromatic carbocycles. The highest BCUT2D eigenvalue weighted by atomic mass is 79.9. The highest BCUT2D eigenvalue weighted by Gasteiger charge is 2.09. The van der Waals surface area contributed by atoms with Crippen LogP contribution in [-0.2, 0) is 0 Å². The van der Waals surface area contributed by atoms with Gasteiger partial charge in [-0.15, -0.1) is 0 Å². The number of nitrogens with zero attached hydrogens (tertiary/aromatic N) is 3. The number of benzene rings is 3. The van der Waals surface area contributed by atoms with E-state index in [9.17, 15) is 0 Å². The van der Waals surface area contributed by atoms with Crippen molar-refractivity contribution in [3.8, 4) is 22.5 Å². The van der Waals surface area contributed by atoms with Crippen LogP contribution in [0.25, 0.3) is 55.2 Å². The third kappa shape index (κ3) is 3.25. The molecule has 0 amide bonds. The molecular formula is C27H16BrN3. The zero-order valence-corrected chi connectivity index (χ0v) is 18.0. The van der Waals surface area contributed by atoms with Gasteiger partial charge < -0.3 is 0 Å². The molecule has 0 saturated heterocycles. The average molecular weight is 462 g/mol. The molecule has 0 fully saturated rings. The van der Waals surface area contributed by atoms with Gasteiger partial charge in [0.2, 0.25) is 0 Å². The predicted octanol–water partition coefficient (Wildman–Crippen LogP) is 7.43. The molecule has 3 aromatic heterocycles. The lowest BCUT2D eigenvalue weighted by Crippen LogP contribution is -1.91. The summed E-state index contributed by atoms with van der Waals surface area (Å²) in [7, 11) is 0. The molecule has 6 rings (SSSR count). The molecule has 6 aromatic rings. The fourth-order valence-corrected chi connectivity index (χ4v) is 4.28. The monoisotopic (exact) mass is 461 g/mol. The Morgan fingerprint density at radius 1 is 0.484 bits per heavy atom. The molecule has 0 radical (unpaired) electrons. The molecule has 0 N–H and O–H groups in total. The zero-order chi connectivity index (χ0) is 20.8. The summed E-state index contributed by atoms with van der Waals surface area (Å²) in [5.41, 5.74) is 6.85. The molecule has 0 aliphatic rings. The van der Waals surface area contributed by atoms with Crippen molar-refractivity contribution < 1.29 is 0 Å². The molecule has 146 valence electrons. The van der Waals surface area contributed by atoms with Crippen LogP contribution >= 0.6 is 15.9 Å². The Hall–Kier alpha value is -3.63. The van der Waals surface area contributed by atoms with Crippen LogP contribution in [0.15, 0.2) is 102 Å². The predicted molar refractivity (Wildman–Crippen MR) is 131 cm³/mol. The molecule has 0 saturated carbocycles. The summed E-state index contributed by atoms with van der Waals surface area (Å²) in [6, 6.07) is 33.1. The van der Waals surface area contributed by atoms with E-state index in [2.05, 4.69) is 87.6 Å². The van der Waals surface area contributed by atoms with Crippen molar-refractivity contribution in [2.45, 2.75) is 0 Å². The highest BCUT2D eigenvalue weighted by molar-refractivity contribution is 9.10. The average Bonchev–Trinajstić information content (AvgIpc) is 2.83. The molecule has 3 nitrogen and oxygen atoms in total. The third-order valence-corrected chi connectivity index (χ3v) is 5.98. The number of hydrogen-bond acceptors (Lipinski definition) is 3. The van der Waals surface area contributed by atoms with Gasteiger partial charge in [-0.1, -0.05) is 66.7 Å². The molecule has 0 bridgehead atoms. The van der Waals surface area contributed by atoms with Crippen LogP contribution in [0.5, 0.6) is 0 Å². The van der Waals surface area contributed by atoms with E-state index >= 15 is 0 Å². The van der Waals surface area contributed by atoms with Crippen LogP contribution in [0.4, 0.5) is 0 Å². The van der Waals surface area contributed by atoms with E-state index in [1.165, 1.54) is 0 Å². The van der Waals surface area contributed by atoms with Crippen molar-refractivity contribution in [3.05, 3.63) is 102 Å². The Balaban J connectivity index is 1.55. The number of pyridine rings is 3. The summed E-state index contributed by atoms with van der Waals surface area (Å²) in [6.07, 6.45) is 0. The van der Waals surface area contributed by atoms with Gasteiger partial charge in [0.05, 0.1) is 27.9 Å². The summed E-state index contributed by atoms with van der Waals surface area (Å²) in [5.74, 6) is 0. The molecule has 0 unspecified atom stereocenters. The van der Waals surface area contributed by atoms with E-state index in [4.69, 9.17) is 9.97 Å². The SMILES string of the molecule is Brc1ccc2cc(-c3ccc4ccc5ccc(-c6ccccc6)nc5c4n3)ccc2n1. The van der Waals surface area contributed by atoms with Gasteiger partial charge in [0.15, 0.2) is 0 Å². The summed E-state index contributed by atoms with van der Waals surface area (Å²) < 4.78 is 0.836. The van der Waals surface area contributed by atoms with Crippen LogP contribution in [0.3, 0.4) is 0 Å². The van der Waals surface area contributed by atoms with Gasteiger partial charge in [-0.3, -0.25) is 0 Å². The fraction of sp³-hybridized carbons (Fsp3) is 0. The van der Waals surface area contributed by atoms with Crippen molar-refractivity contribution >= 4 is 48.6 Å². The van der Waals surface area contributed by atoms with E-state index in [0.29, 0.717) is 0 Å². The number of hydrogen-bond donors (Lipinski definition) is 0. The minimum atomic E-state index is 0.836. The summed E-state index contributed by atoms with van der Waals surface area (Å²) in [5, 5.41) is 3.26. The maximum absolute atomic E-state index is 5.04. The topological polar surface area (TPSA) is 38.7 Å². The zero-order valence-electron chi connectivity index (χ0n) is 16.5. The second kappa shape index (κ2) is 7.25. The molecule has 3 heterocycles. The summed E-state index contributed by atoms with van der Waals surface area (Å²) in [6.45, 7) is 0. The summed E-state index contributed by atoms with van der Waals surface area (Å²) >= 11 is 3.44. The number of rotatable bonds is 2. The standard InChI is InChI=1S/C27H16BrN3/c28-25-15-11-21-16-20(10-14-23(21)29-25)24-13-9-19-7-6-18-8-12-22(17-4-2-1-3-5-17)30-26(18)27(19)31-24/h1-16H. The third-order valence-electron chi connectivity index (χ3n) is 5.54. The largest absolute Gasteiger partial charge is 0.245 e. The quantitative estimate of drug-likeness (QED) is 0.198. The Labute approximate surface area is 187 Å². The van der Waals surface area contributed by atoms with E-state index < -0.39 is 0 Å². The van der Waals surface area contributed by atoms with Gasteiger partial charge in [-0.2, -0.15) is 0 Å². The van der Waals surface area contributed by atoms with E-state index in [1.54, 1.807) is 0 Å². The number of fused-ring (bicyclic) bond motifs is 4. The molecule has 0 aliphatic carbocycles. The molecule has 0 atom stereocenters. The normalized spacial score (nSPS) is 11.4. The van der Waals surface area contributed by atoms with Crippen molar-refractivity contribution in [1.29, 1.82) is 0 Å². The van der Waals surface area contributed by atoms with Crippen LogP contribution in [0.1, 0.15) is 0 Å². The fourth-order valence-electron chi connectivity index (χ4n) is 3.96. The van der Waals surface area contributed by atoms with Gasteiger partial charge in [-0.25, -0.2) is 15.0 Å². The first-order valence-electron chi connectivity index (χ1n) is 10.1. The van der Waals surface area contributed by atoms with Crippen LogP contribution < -0.4 is 0 Å². The Morgan fingerprint density at radius 2 is 1.10 bits per heavy atom. The smallest absolute Gasteiger partial charge is 0.106 e. The first-order valence-corrected chi connectivity index (χ1v) is 10.9. The van der Waals surface area contributed by atoms with Crippen molar-refractivity contribution in [1.82, 2.24) is 15.0 Å². The second-order valence-electron chi connectivity index (χ2n) is 7.51. The molecule has 31 heavy (non-hydrogen) atoms. The lowest BCUT2D eigenvalue weighted by atomic mass is 10.0. The Morgan fingerprint density at radius 3 is 1.81 bits per heavy atom. The first kappa shape index (κ1) is 18.2. The minimum absolute atomic E-state index is 0.836. The van der Waals surface area contributed by atoms with Gasteiger partial charge in [-0.05, 0) is 46.3 Å². The summed E-state index contributed by atoms with van der Waals surface area (Å²) in [4.78, 5) is 14.6. The Bertz CT molecular complexity index is 1590. The number of aromatic nitrogens is 3. The maximum Gasteiger partial charge on any atom is 0.106 e. The van der Waals surface area contributed by atoms with Crippen LogP contribution in [0, 0.1) is 0 Å². The van der Waals surface area contributed by atoms with Crippen molar-refractivity contribution in [3.63, 3.8) is 0 Å². The second-order valence-corrected chi connectivity index (χ2v) is 8.32. The van der Waals surface area contributed by atoms with Crippen molar-refractivity contribution in [2.75, 3.05) is 0 Å². The molecule has 4 heteroatoms. The van der Waals surface area contributed by atoms with Gasteiger partial charge >= 0.3 is 0 Å². The van der Waals surface area contributed by atoms with E-state index in [0.717, 1.165) is 59.8 Å². The lowest BCUT2D eigenvalue weighted by Gasteiger charge is -2.09. The first-order chi connectivity index (χ1) is 15.2. The van der Waals surface area contributed by atoms with Gasteiger partial charge in [0, 0.05) is 27.3 Å². The van der Waals surface area contributed by atoms with E-state index in [-0.39, 0.29) is 0 Å². The molecule has 0 spiro atoms. The molecule has 0 aliphatic heterocycles. The van der Waals surface area contributed by atoms with Crippen LogP contribution in [0.2, 0.25) is 0 Å².